The molecule has 2 heterocycles. The average Bonchev–Trinajstić information content (AvgIpc) is 3.33. The van der Waals surface area contributed by atoms with Gasteiger partial charge in [0, 0.05) is 27.1 Å². The number of thioether (sulfide) groups is 1. The number of rotatable bonds is 6. The van der Waals surface area contributed by atoms with Gasteiger partial charge in [0.05, 0.1) is 21.5 Å². The van der Waals surface area contributed by atoms with Gasteiger partial charge < -0.3 is 5.32 Å². The van der Waals surface area contributed by atoms with Crippen molar-refractivity contribution in [3.63, 3.8) is 0 Å². The van der Waals surface area contributed by atoms with Crippen molar-refractivity contribution in [2.24, 2.45) is 0 Å². The van der Waals surface area contributed by atoms with Crippen LogP contribution in [0.1, 0.15) is 19.9 Å². The minimum absolute atomic E-state index is 0.140. The zero-order valence-corrected chi connectivity index (χ0v) is 19.4. The molecule has 9 heteroatoms. The van der Waals surface area contributed by atoms with Crippen LogP contribution in [0.15, 0.2) is 53.0 Å². The fourth-order valence-corrected chi connectivity index (χ4v) is 5.25. The van der Waals surface area contributed by atoms with E-state index in [2.05, 4.69) is 51.4 Å². The van der Waals surface area contributed by atoms with Crippen molar-refractivity contribution in [1.82, 2.24) is 14.8 Å². The second-order valence-corrected chi connectivity index (χ2v) is 9.49. The van der Waals surface area contributed by atoms with Crippen LogP contribution in [0.25, 0.3) is 21.5 Å². The molecule has 2 aromatic heterocycles. The summed E-state index contributed by atoms with van der Waals surface area (Å²) in [5.74, 6) is 0.797. The summed E-state index contributed by atoms with van der Waals surface area (Å²) < 4.78 is 3.27. The van der Waals surface area contributed by atoms with E-state index < -0.39 is 0 Å². The molecule has 1 N–H and O–H groups in total. The van der Waals surface area contributed by atoms with E-state index in [9.17, 15) is 4.79 Å². The van der Waals surface area contributed by atoms with E-state index >= 15 is 0 Å². The molecule has 1 amide bonds. The van der Waals surface area contributed by atoms with Gasteiger partial charge in [-0.3, -0.25) is 9.36 Å². The number of nitrogens with one attached hydrogen (secondary N) is 1. The summed E-state index contributed by atoms with van der Waals surface area (Å²) in [6.45, 7) is 4.16. The molecule has 0 aliphatic rings. The van der Waals surface area contributed by atoms with Gasteiger partial charge in [0.25, 0.3) is 0 Å². The summed E-state index contributed by atoms with van der Waals surface area (Å²) in [5, 5.41) is 16.3. The highest BCUT2D eigenvalue weighted by Crippen LogP contribution is 2.36. The molecular weight excluding hydrogens is 459 g/mol. The van der Waals surface area contributed by atoms with Gasteiger partial charge in [0.2, 0.25) is 5.91 Å². The maximum Gasteiger partial charge on any atom is 0.234 e. The summed E-state index contributed by atoms with van der Waals surface area (Å²) in [5.41, 5.74) is 1.55. The van der Waals surface area contributed by atoms with Crippen LogP contribution in [0.4, 0.5) is 5.69 Å². The first kappa shape index (κ1) is 21.2. The van der Waals surface area contributed by atoms with E-state index in [1.807, 2.05) is 12.1 Å². The fourth-order valence-electron chi connectivity index (χ4n) is 3.09. The molecule has 0 unspecified atom stereocenters. The molecule has 0 spiro atoms. The normalized spacial score (nSPS) is 11.4. The number of fused-ring (bicyclic) bond motifs is 1. The predicted molar refractivity (Wildman–Crippen MR) is 127 cm³/mol. The smallest absolute Gasteiger partial charge is 0.234 e. The van der Waals surface area contributed by atoms with Crippen LogP contribution in [0.3, 0.4) is 0 Å². The molecule has 0 bridgehead atoms. The molecule has 0 saturated heterocycles. The minimum Gasteiger partial charge on any atom is -0.324 e. The molecule has 0 atom stereocenters. The Bertz CT molecular complexity index is 1220. The highest BCUT2D eigenvalue weighted by Gasteiger charge is 2.20. The highest BCUT2D eigenvalue weighted by molar-refractivity contribution is 7.99. The lowest BCUT2D eigenvalue weighted by atomic mass is 10.1. The quantitative estimate of drug-likeness (QED) is 0.311. The summed E-state index contributed by atoms with van der Waals surface area (Å²) in [6.07, 6.45) is 0. The molecular formula is C21H18Cl2N4OS2. The SMILES string of the molecule is CC(C)n1c(SCC(=O)Nc2cccc(Cl)c2Cl)nnc1-c1csc2ccccc12. The average molecular weight is 477 g/mol. The number of carbonyl (C=O) groups excluding carboxylic acids is 1. The number of hydrogen-bond donors (Lipinski definition) is 1. The van der Waals surface area contributed by atoms with Gasteiger partial charge in [-0.15, -0.1) is 21.5 Å². The third-order valence-corrected chi connectivity index (χ3v) is 7.19. The third-order valence-electron chi connectivity index (χ3n) is 4.46. The zero-order valence-electron chi connectivity index (χ0n) is 16.2. The third kappa shape index (κ3) is 4.21. The Kier molecular flexibility index (Phi) is 6.34. The van der Waals surface area contributed by atoms with E-state index in [4.69, 9.17) is 23.2 Å². The van der Waals surface area contributed by atoms with Crippen LogP contribution < -0.4 is 5.32 Å². The predicted octanol–water partition coefficient (Wildman–Crippen LogP) is 6.78. The van der Waals surface area contributed by atoms with Gasteiger partial charge in [-0.05, 0) is 32.0 Å². The molecule has 0 aliphatic heterocycles. The number of aromatic nitrogens is 3. The maximum absolute atomic E-state index is 12.5. The molecule has 30 heavy (non-hydrogen) atoms. The van der Waals surface area contributed by atoms with Crippen LogP contribution in [0.2, 0.25) is 10.0 Å². The summed E-state index contributed by atoms with van der Waals surface area (Å²) >= 11 is 15.2. The molecule has 4 rings (SSSR count). The van der Waals surface area contributed by atoms with Gasteiger partial charge in [0.1, 0.15) is 0 Å². The first-order chi connectivity index (χ1) is 14.5. The van der Waals surface area contributed by atoms with Crippen molar-refractivity contribution in [2.45, 2.75) is 25.0 Å². The Labute approximate surface area is 192 Å². The Morgan fingerprint density at radius 3 is 2.77 bits per heavy atom. The van der Waals surface area contributed by atoms with Crippen LogP contribution in [-0.4, -0.2) is 26.4 Å². The van der Waals surface area contributed by atoms with E-state index in [0.29, 0.717) is 20.9 Å². The highest BCUT2D eigenvalue weighted by atomic mass is 35.5. The molecule has 5 nitrogen and oxygen atoms in total. The molecule has 4 aromatic rings. The first-order valence-electron chi connectivity index (χ1n) is 9.24. The lowest BCUT2D eigenvalue weighted by Gasteiger charge is -2.13. The van der Waals surface area contributed by atoms with Crippen LogP contribution >= 0.6 is 46.3 Å². The fraction of sp³-hybridized carbons (Fsp3) is 0.190. The number of benzene rings is 2. The number of halogens is 2. The van der Waals surface area contributed by atoms with Crippen molar-refractivity contribution in [2.75, 3.05) is 11.1 Å². The molecule has 0 aliphatic carbocycles. The first-order valence-corrected chi connectivity index (χ1v) is 11.9. The van der Waals surface area contributed by atoms with Gasteiger partial charge in [-0.2, -0.15) is 0 Å². The van der Waals surface area contributed by atoms with Crippen molar-refractivity contribution in [1.29, 1.82) is 0 Å². The second kappa shape index (κ2) is 8.98. The zero-order chi connectivity index (χ0) is 21.3. The number of nitrogens with zero attached hydrogens (tertiary/aromatic N) is 3. The molecule has 0 fully saturated rings. The molecule has 154 valence electrons. The minimum atomic E-state index is -0.190. The monoisotopic (exact) mass is 476 g/mol. The molecule has 2 aromatic carbocycles. The van der Waals surface area contributed by atoms with Crippen LogP contribution in [0, 0.1) is 0 Å². The lowest BCUT2D eigenvalue weighted by Crippen LogP contribution is -2.15. The second-order valence-electron chi connectivity index (χ2n) is 6.85. The standard InChI is InChI=1S/C21H18Cl2N4OS2/c1-12(2)27-20(14-10-29-17-9-4-3-6-13(14)17)25-26-21(27)30-11-18(28)24-16-8-5-7-15(22)19(16)23/h3-10,12H,11H2,1-2H3,(H,24,28). The molecule has 0 radical (unpaired) electrons. The van der Waals surface area contributed by atoms with Crippen LogP contribution in [0.5, 0.6) is 0 Å². The largest absolute Gasteiger partial charge is 0.324 e. The number of anilines is 1. The van der Waals surface area contributed by atoms with Gasteiger partial charge >= 0.3 is 0 Å². The van der Waals surface area contributed by atoms with Crippen molar-refractivity contribution < 1.29 is 4.79 Å². The Morgan fingerprint density at radius 2 is 1.97 bits per heavy atom. The molecule has 0 saturated carbocycles. The number of amides is 1. The van der Waals surface area contributed by atoms with E-state index in [0.717, 1.165) is 16.8 Å². The van der Waals surface area contributed by atoms with Crippen molar-refractivity contribution in [3.8, 4) is 11.4 Å². The van der Waals surface area contributed by atoms with Gasteiger partial charge in [-0.25, -0.2) is 0 Å². The number of carbonyl (C=O) groups is 1. The Hall–Kier alpha value is -2.06. The topological polar surface area (TPSA) is 59.8 Å². The Balaban J connectivity index is 1.55. The summed E-state index contributed by atoms with van der Waals surface area (Å²) in [7, 11) is 0. The van der Waals surface area contributed by atoms with Gasteiger partial charge in [0.15, 0.2) is 11.0 Å². The van der Waals surface area contributed by atoms with E-state index in [1.165, 1.54) is 16.5 Å². The van der Waals surface area contributed by atoms with Crippen molar-refractivity contribution >= 4 is 68.0 Å². The number of hydrogen-bond acceptors (Lipinski definition) is 5. The summed E-state index contributed by atoms with van der Waals surface area (Å²) in [6, 6.07) is 13.5. The van der Waals surface area contributed by atoms with Crippen LogP contribution in [-0.2, 0) is 4.79 Å². The van der Waals surface area contributed by atoms with Gasteiger partial charge in [-0.1, -0.05) is 59.2 Å². The maximum atomic E-state index is 12.5. The lowest BCUT2D eigenvalue weighted by molar-refractivity contribution is -0.113. The number of thiophene rings is 1. The summed E-state index contributed by atoms with van der Waals surface area (Å²) in [4.78, 5) is 12.5. The van der Waals surface area contributed by atoms with E-state index in [1.54, 1.807) is 29.5 Å². The Morgan fingerprint density at radius 1 is 1.17 bits per heavy atom. The van der Waals surface area contributed by atoms with Crippen molar-refractivity contribution in [3.05, 3.63) is 57.9 Å². The van der Waals surface area contributed by atoms with E-state index in [-0.39, 0.29) is 17.7 Å².